The molecule has 2 atom stereocenters. The zero-order valence-corrected chi connectivity index (χ0v) is 15.9. The smallest absolute Gasteiger partial charge is 0.326 e. The third-order valence-corrected chi connectivity index (χ3v) is 5.91. The van der Waals surface area contributed by atoms with Gasteiger partial charge < -0.3 is 10.0 Å². The molecule has 8 heteroatoms. The van der Waals surface area contributed by atoms with Crippen LogP contribution in [0.15, 0.2) is 35.2 Å². The van der Waals surface area contributed by atoms with E-state index in [2.05, 4.69) is 4.72 Å². The number of likely N-dealkylation sites (tertiary alicyclic amines) is 1. The fraction of sp³-hybridized carbons (Fsp3) is 0.556. The number of hydrogen-bond acceptors (Lipinski definition) is 4. The van der Waals surface area contributed by atoms with Gasteiger partial charge in [0.2, 0.25) is 15.9 Å². The van der Waals surface area contributed by atoms with E-state index in [0.29, 0.717) is 19.4 Å². The molecule has 1 aliphatic heterocycles. The van der Waals surface area contributed by atoms with Gasteiger partial charge in [0.05, 0.1) is 4.90 Å². The Morgan fingerprint density at radius 3 is 2.46 bits per heavy atom. The van der Waals surface area contributed by atoms with E-state index in [1.54, 1.807) is 18.2 Å². The number of carboxylic acids is 1. The predicted molar refractivity (Wildman–Crippen MR) is 97.0 cm³/mol. The molecule has 0 radical (unpaired) electrons. The van der Waals surface area contributed by atoms with E-state index in [0.717, 1.165) is 12.8 Å². The maximum atomic E-state index is 13.0. The third kappa shape index (κ3) is 5.04. The SMILES string of the molecule is CC(C)C[C@@H](NS(=O)(=O)c1ccccc1)C(=O)N1CCCC[C@H]1C(=O)O. The number of nitrogens with zero attached hydrogens (tertiary/aromatic N) is 1. The maximum absolute atomic E-state index is 13.0. The van der Waals surface area contributed by atoms with E-state index in [1.807, 2.05) is 13.8 Å². The highest BCUT2D eigenvalue weighted by atomic mass is 32.2. The topological polar surface area (TPSA) is 104 Å². The molecule has 0 saturated carbocycles. The van der Waals surface area contributed by atoms with Crippen molar-refractivity contribution in [2.75, 3.05) is 6.54 Å². The minimum Gasteiger partial charge on any atom is -0.480 e. The van der Waals surface area contributed by atoms with Gasteiger partial charge in [0.25, 0.3) is 0 Å². The monoisotopic (exact) mass is 382 g/mol. The molecule has 1 aromatic carbocycles. The number of aliphatic carboxylic acids is 1. The Labute approximate surface area is 154 Å². The van der Waals surface area contributed by atoms with Gasteiger partial charge in [-0.1, -0.05) is 32.0 Å². The van der Waals surface area contributed by atoms with E-state index in [-0.39, 0.29) is 10.8 Å². The molecule has 7 nitrogen and oxygen atoms in total. The Kier molecular flexibility index (Phi) is 6.77. The fourth-order valence-electron chi connectivity index (χ4n) is 3.18. The van der Waals surface area contributed by atoms with Crippen molar-refractivity contribution in [2.24, 2.45) is 5.92 Å². The van der Waals surface area contributed by atoms with E-state index in [4.69, 9.17) is 0 Å². The lowest BCUT2D eigenvalue weighted by molar-refractivity contribution is -0.152. The maximum Gasteiger partial charge on any atom is 0.326 e. The molecule has 1 fully saturated rings. The van der Waals surface area contributed by atoms with Crippen LogP contribution in [0.2, 0.25) is 0 Å². The van der Waals surface area contributed by atoms with Crippen LogP contribution in [0.25, 0.3) is 0 Å². The Morgan fingerprint density at radius 2 is 1.88 bits per heavy atom. The van der Waals surface area contributed by atoms with Gasteiger partial charge in [-0.05, 0) is 43.7 Å². The van der Waals surface area contributed by atoms with Crippen molar-refractivity contribution in [1.29, 1.82) is 0 Å². The van der Waals surface area contributed by atoms with Gasteiger partial charge in [-0.2, -0.15) is 4.72 Å². The molecule has 1 aliphatic rings. The van der Waals surface area contributed by atoms with Gasteiger partial charge in [0.1, 0.15) is 12.1 Å². The van der Waals surface area contributed by atoms with E-state index < -0.39 is 34.0 Å². The average Bonchev–Trinajstić information content (AvgIpc) is 2.60. The number of carbonyl (C=O) groups is 2. The number of benzene rings is 1. The van der Waals surface area contributed by atoms with Gasteiger partial charge in [-0.3, -0.25) is 4.79 Å². The number of carboxylic acid groups (broad SMARTS) is 1. The molecule has 0 aromatic heterocycles. The van der Waals surface area contributed by atoms with Gasteiger partial charge in [-0.15, -0.1) is 0 Å². The fourth-order valence-corrected chi connectivity index (χ4v) is 4.40. The first-order valence-electron chi connectivity index (χ1n) is 8.83. The van der Waals surface area contributed by atoms with Crippen LogP contribution in [0.5, 0.6) is 0 Å². The van der Waals surface area contributed by atoms with Crippen LogP contribution in [0.3, 0.4) is 0 Å². The molecule has 0 unspecified atom stereocenters. The molecule has 2 N–H and O–H groups in total. The van der Waals surface area contributed by atoms with Crippen molar-refractivity contribution in [3.8, 4) is 0 Å². The molecule has 0 spiro atoms. The summed E-state index contributed by atoms with van der Waals surface area (Å²) >= 11 is 0. The lowest BCUT2D eigenvalue weighted by atomic mass is 9.98. The van der Waals surface area contributed by atoms with Crippen molar-refractivity contribution < 1.29 is 23.1 Å². The zero-order chi connectivity index (χ0) is 19.3. The van der Waals surface area contributed by atoms with Crippen molar-refractivity contribution in [1.82, 2.24) is 9.62 Å². The highest BCUT2D eigenvalue weighted by Crippen LogP contribution is 2.21. The van der Waals surface area contributed by atoms with Crippen molar-refractivity contribution >= 4 is 21.9 Å². The highest BCUT2D eigenvalue weighted by Gasteiger charge is 2.37. The van der Waals surface area contributed by atoms with E-state index in [9.17, 15) is 23.1 Å². The van der Waals surface area contributed by atoms with Crippen LogP contribution in [-0.4, -0.2) is 48.9 Å². The summed E-state index contributed by atoms with van der Waals surface area (Å²) in [6.07, 6.45) is 2.15. The van der Waals surface area contributed by atoms with Crippen molar-refractivity contribution in [2.45, 2.75) is 56.5 Å². The number of piperidine rings is 1. The second-order valence-electron chi connectivity index (χ2n) is 7.00. The second kappa shape index (κ2) is 8.64. The van der Waals surface area contributed by atoms with E-state index in [1.165, 1.54) is 17.0 Å². The van der Waals surface area contributed by atoms with Crippen molar-refractivity contribution in [3.05, 3.63) is 30.3 Å². The van der Waals surface area contributed by atoms with Gasteiger partial charge >= 0.3 is 5.97 Å². The molecular weight excluding hydrogens is 356 g/mol. The standard InChI is InChI=1S/C18H26N2O5S/c1-13(2)12-15(19-26(24,25)14-8-4-3-5-9-14)17(21)20-11-7-6-10-16(20)18(22)23/h3-5,8-9,13,15-16,19H,6-7,10-12H2,1-2H3,(H,22,23)/t15-,16+/m1/s1. The summed E-state index contributed by atoms with van der Waals surface area (Å²) in [7, 11) is -3.87. The summed E-state index contributed by atoms with van der Waals surface area (Å²) in [5, 5.41) is 9.40. The Balaban J connectivity index is 2.26. The summed E-state index contributed by atoms with van der Waals surface area (Å²) in [5.74, 6) is -1.45. The van der Waals surface area contributed by atoms with E-state index >= 15 is 0 Å². The lowest BCUT2D eigenvalue weighted by Crippen LogP contribution is -2.55. The molecule has 0 bridgehead atoms. The van der Waals surface area contributed by atoms with Gasteiger partial charge in [-0.25, -0.2) is 13.2 Å². The number of amides is 1. The van der Waals surface area contributed by atoms with Crippen molar-refractivity contribution in [3.63, 3.8) is 0 Å². The normalized spacial score (nSPS) is 19.3. The second-order valence-corrected chi connectivity index (χ2v) is 8.71. The van der Waals surface area contributed by atoms with Crippen LogP contribution in [0.1, 0.15) is 39.5 Å². The number of nitrogens with one attached hydrogen (secondary N) is 1. The summed E-state index contributed by atoms with van der Waals surface area (Å²) in [6, 6.07) is 5.96. The molecule has 26 heavy (non-hydrogen) atoms. The summed E-state index contributed by atoms with van der Waals surface area (Å²) in [4.78, 5) is 25.9. The molecule has 2 rings (SSSR count). The van der Waals surface area contributed by atoms with Crippen LogP contribution in [-0.2, 0) is 19.6 Å². The van der Waals surface area contributed by atoms with Crippen LogP contribution in [0.4, 0.5) is 0 Å². The lowest BCUT2D eigenvalue weighted by Gasteiger charge is -2.35. The minimum absolute atomic E-state index is 0.0653. The number of sulfonamides is 1. The predicted octanol–water partition coefficient (Wildman–Crippen LogP) is 1.85. The number of carbonyl (C=O) groups excluding carboxylic acids is 1. The molecular formula is C18H26N2O5S. The molecule has 1 amide bonds. The number of rotatable bonds is 7. The minimum atomic E-state index is -3.87. The van der Waals surface area contributed by atoms with Gasteiger partial charge in [0.15, 0.2) is 0 Å². The zero-order valence-electron chi connectivity index (χ0n) is 15.1. The first-order valence-corrected chi connectivity index (χ1v) is 10.3. The van der Waals surface area contributed by atoms with Gasteiger partial charge in [0, 0.05) is 6.54 Å². The van der Waals surface area contributed by atoms with Crippen LogP contribution >= 0.6 is 0 Å². The largest absolute Gasteiger partial charge is 0.480 e. The van der Waals surface area contributed by atoms with Crippen LogP contribution < -0.4 is 4.72 Å². The molecule has 0 aliphatic carbocycles. The number of hydrogen-bond donors (Lipinski definition) is 2. The highest BCUT2D eigenvalue weighted by molar-refractivity contribution is 7.89. The molecule has 1 aromatic rings. The quantitative estimate of drug-likeness (QED) is 0.749. The Bertz CT molecular complexity index is 733. The third-order valence-electron chi connectivity index (χ3n) is 4.43. The summed E-state index contributed by atoms with van der Waals surface area (Å²) in [5.41, 5.74) is 0. The van der Waals surface area contributed by atoms with Crippen LogP contribution in [0, 0.1) is 5.92 Å². The first-order chi connectivity index (χ1) is 12.2. The Morgan fingerprint density at radius 1 is 1.23 bits per heavy atom. The average molecular weight is 382 g/mol. The summed E-state index contributed by atoms with van der Waals surface area (Å²) in [6.45, 7) is 4.11. The Hall–Kier alpha value is -1.93. The summed E-state index contributed by atoms with van der Waals surface area (Å²) < 4.78 is 27.7. The molecule has 1 saturated heterocycles. The molecule has 1 heterocycles. The molecule has 144 valence electrons. The first kappa shape index (κ1) is 20.4.